The van der Waals surface area contributed by atoms with Crippen molar-refractivity contribution < 1.29 is 14.4 Å². The van der Waals surface area contributed by atoms with Crippen LogP contribution in [0.1, 0.15) is 19.3 Å². The first-order valence-electron chi connectivity index (χ1n) is 5.93. The van der Waals surface area contributed by atoms with Gasteiger partial charge in [-0.2, -0.15) is 0 Å². The fourth-order valence-corrected chi connectivity index (χ4v) is 2.29. The number of nitrogens with one attached hydrogen (secondary N) is 1. The molecule has 0 saturated heterocycles. The number of hydrogen-bond acceptors (Lipinski definition) is 4. The predicted molar refractivity (Wildman–Crippen MR) is 64.9 cm³/mol. The molecule has 1 aliphatic carbocycles. The van der Waals surface area contributed by atoms with Gasteiger partial charge in [-0.25, -0.2) is 4.39 Å². The number of aliphatic hydroxyl groups is 1. The van der Waals surface area contributed by atoms with Crippen LogP contribution in [0.4, 0.5) is 15.8 Å². The fraction of sp³-hybridized carbons (Fsp3) is 0.500. The van der Waals surface area contributed by atoms with Crippen molar-refractivity contribution in [1.82, 2.24) is 0 Å². The molecule has 6 heteroatoms. The Morgan fingerprint density at radius 3 is 2.83 bits per heavy atom. The van der Waals surface area contributed by atoms with Crippen LogP contribution >= 0.6 is 0 Å². The highest BCUT2D eigenvalue weighted by molar-refractivity contribution is 5.51. The number of non-ortho nitro benzene ring substituents is 1. The number of benzene rings is 1. The molecule has 1 saturated carbocycles. The maximum Gasteiger partial charge on any atom is 0.274 e. The molecule has 1 aromatic carbocycles. The minimum absolute atomic E-state index is 0.132. The number of nitro groups is 1. The number of nitrogens with zero attached hydrogens (tertiary/aromatic N) is 1. The molecule has 1 aliphatic rings. The van der Waals surface area contributed by atoms with Crippen molar-refractivity contribution in [1.29, 1.82) is 0 Å². The third-order valence-electron chi connectivity index (χ3n) is 3.28. The van der Waals surface area contributed by atoms with Gasteiger partial charge in [0.05, 0.1) is 17.1 Å². The van der Waals surface area contributed by atoms with Crippen LogP contribution in [0.5, 0.6) is 0 Å². The quantitative estimate of drug-likeness (QED) is 0.638. The van der Waals surface area contributed by atoms with E-state index < -0.39 is 10.7 Å². The Bertz CT molecular complexity index is 453. The Kier molecular flexibility index (Phi) is 3.76. The lowest BCUT2D eigenvalue weighted by molar-refractivity contribution is -0.385. The molecule has 2 unspecified atom stereocenters. The van der Waals surface area contributed by atoms with Gasteiger partial charge in [-0.3, -0.25) is 10.1 Å². The summed E-state index contributed by atoms with van der Waals surface area (Å²) in [7, 11) is 0. The van der Waals surface area contributed by atoms with E-state index in [9.17, 15) is 19.6 Å². The zero-order valence-corrected chi connectivity index (χ0v) is 9.80. The van der Waals surface area contributed by atoms with Gasteiger partial charge in [-0.05, 0) is 18.9 Å². The van der Waals surface area contributed by atoms with E-state index in [1.165, 1.54) is 12.1 Å². The lowest BCUT2D eigenvalue weighted by atomic mass is 10.1. The summed E-state index contributed by atoms with van der Waals surface area (Å²) in [6, 6.07) is 3.40. The van der Waals surface area contributed by atoms with Crippen LogP contribution in [0.15, 0.2) is 18.2 Å². The zero-order valence-electron chi connectivity index (χ0n) is 9.80. The summed E-state index contributed by atoms with van der Waals surface area (Å²) in [5, 5.41) is 23.2. The van der Waals surface area contributed by atoms with Crippen LogP contribution < -0.4 is 5.32 Å². The Morgan fingerprint density at radius 2 is 2.22 bits per heavy atom. The molecule has 0 amide bonds. The third-order valence-corrected chi connectivity index (χ3v) is 3.28. The number of halogens is 1. The van der Waals surface area contributed by atoms with Crippen LogP contribution in [0.25, 0.3) is 0 Å². The first-order valence-corrected chi connectivity index (χ1v) is 5.93. The highest BCUT2D eigenvalue weighted by atomic mass is 19.1. The first-order chi connectivity index (χ1) is 8.56. The lowest BCUT2D eigenvalue weighted by Crippen LogP contribution is -2.21. The van der Waals surface area contributed by atoms with E-state index >= 15 is 0 Å². The van der Waals surface area contributed by atoms with Crippen molar-refractivity contribution in [2.24, 2.45) is 5.92 Å². The second-order valence-corrected chi connectivity index (χ2v) is 4.59. The predicted octanol–water partition coefficient (Wildman–Crippen LogP) is 2.31. The van der Waals surface area contributed by atoms with Gasteiger partial charge in [0, 0.05) is 24.2 Å². The monoisotopic (exact) mass is 254 g/mol. The molecule has 98 valence electrons. The number of rotatable bonds is 4. The molecule has 0 heterocycles. The van der Waals surface area contributed by atoms with Crippen LogP contribution in [-0.2, 0) is 0 Å². The summed E-state index contributed by atoms with van der Waals surface area (Å²) in [4.78, 5) is 9.96. The molecule has 2 rings (SSSR count). The molecule has 0 aliphatic heterocycles. The average molecular weight is 254 g/mol. The Morgan fingerprint density at radius 1 is 1.44 bits per heavy atom. The molecular weight excluding hydrogens is 239 g/mol. The van der Waals surface area contributed by atoms with Gasteiger partial charge in [0.25, 0.3) is 5.69 Å². The Balaban J connectivity index is 2.02. The maximum atomic E-state index is 13.2. The number of anilines is 1. The van der Waals surface area contributed by atoms with E-state index in [0.29, 0.717) is 12.2 Å². The van der Waals surface area contributed by atoms with Crippen LogP contribution in [0.2, 0.25) is 0 Å². The number of aliphatic hydroxyl groups excluding tert-OH is 1. The summed E-state index contributed by atoms with van der Waals surface area (Å²) >= 11 is 0. The van der Waals surface area contributed by atoms with Crippen molar-refractivity contribution in [3.63, 3.8) is 0 Å². The molecule has 2 N–H and O–H groups in total. The Labute approximate surface area is 104 Å². The second-order valence-electron chi connectivity index (χ2n) is 4.59. The summed E-state index contributed by atoms with van der Waals surface area (Å²) in [5.41, 5.74) is 0.102. The van der Waals surface area contributed by atoms with Gasteiger partial charge in [0.1, 0.15) is 5.82 Å². The maximum absolute atomic E-state index is 13.2. The minimum Gasteiger partial charge on any atom is -0.393 e. The molecule has 1 aromatic rings. The van der Waals surface area contributed by atoms with Crippen LogP contribution in [0, 0.1) is 21.8 Å². The molecule has 0 bridgehead atoms. The molecule has 2 atom stereocenters. The molecule has 0 spiro atoms. The van der Waals surface area contributed by atoms with E-state index in [1.54, 1.807) is 0 Å². The van der Waals surface area contributed by atoms with Crippen molar-refractivity contribution in [3.05, 3.63) is 34.1 Å². The van der Waals surface area contributed by atoms with Gasteiger partial charge in [-0.1, -0.05) is 6.42 Å². The topological polar surface area (TPSA) is 75.4 Å². The van der Waals surface area contributed by atoms with Crippen molar-refractivity contribution >= 4 is 11.4 Å². The van der Waals surface area contributed by atoms with Crippen LogP contribution in [-0.4, -0.2) is 22.7 Å². The van der Waals surface area contributed by atoms with Gasteiger partial charge < -0.3 is 10.4 Å². The largest absolute Gasteiger partial charge is 0.393 e. The van der Waals surface area contributed by atoms with Gasteiger partial charge in [-0.15, -0.1) is 0 Å². The van der Waals surface area contributed by atoms with E-state index in [0.717, 1.165) is 25.3 Å². The summed E-state index contributed by atoms with van der Waals surface area (Å²) in [6.45, 7) is 0.502. The van der Waals surface area contributed by atoms with Gasteiger partial charge in [0.15, 0.2) is 0 Å². The summed E-state index contributed by atoms with van der Waals surface area (Å²) in [5.74, 6) is -0.508. The average Bonchev–Trinajstić information content (AvgIpc) is 2.71. The second kappa shape index (κ2) is 5.30. The van der Waals surface area contributed by atoms with Crippen LogP contribution in [0.3, 0.4) is 0 Å². The Hall–Kier alpha value is -1.69. The van der Waals surface area contributed by atoms with E-state index in [1.807, 2.05) is 0 Å². The van der Waals surface area contributed by atoms with Crippen molar-refractivity contribution in [2.75, 3.05) is 11.9 Å². The standard InChI is InChI=1S/C12H15FN2O3/c13-9-4-10(6-11(5-9)15(17)18)14-7-8-2-1-3-12(8)16/h4-6,8,12,14,16H,1-3,7H2. The molecular formula is C12H15FN2O3. The van der Waals surface area contributed by atoms with E-state index in [2.05, 4.69) is 5.32 Å². The van der Waals surface area contributed by atoms with E-state index in [4.69, 9.17) is 0 Å². The molecule has 18 heavy (non-hydrogen) atoms. The van der Waals surface area contributed by atoms with Gasteiger partial charge in [0.2, 0.25) is 0 Å². The van der Waals surface area contributed by atoms with Crippen molar-refractivity contribution in [3.8, 4) is 0 Å². The smallest absolute Gasteiger partial charge is 0.274 e. The highest BCUT2D eigenvalue weighted by Crippen LogP contribution is 2.26. The number of nitro benzene ring substituents is 1. The van der Waals surface area contributed by atoms with E-state index in [-0.39, 0.29) is 17.7 Å². The lowest BCUT2D eigenvalue weighted by Gasteiger charge is -2.15. The third kappa shape index (κ3) is 2.95. The minimum atomic E-state index is -0.640. The fourth-order valence-electron chi connectivity index (χ4n) is 2.29. The van der Waals surface area contributed by atoms with Crippen molar-refractivity contribution in [2.45, 2.75) is 25.4 Å². The first kappa shape index (κ1) is 12.8. The zero-order chi connectivity index (χ0) is 13.1. The summed E-state index contributed by atoms with van der Waals surface area (Å²) < 4.78 is 13.2. The summed E-state index contributed by atoms with van der Waals surface area (Å²) in [6.07, 6.45) is 2.36. The molecule has 5 nitrogen and oxygen atoms in total. The normalized spacial score (nSPS) is 23.0. The number of hydrogen-bond donors (Lipinski definition) is 2. The molecule has 1 fully saturated rings. The molecule has 0 radical (unpaired) electrons. The van der Waals surface area contributed by atoms with Gasteiger partial charge >= 0.3 is 0 Å². The molecule has 0 aromatic heterocycles. The highest BCUT2D eigenvalue weighted by Gasteiger charge is 2.24. The SMILES string of the molecule is O=[N+]([O-])c1cc(F)cc(NCC2CCCC2O)c1.